The Morgan fingerprint density at radius 1 is 0.905 bits per heavy atom. The van der Waals surface area contributed by atoms with Crippen LogP contribution in [0.1, 0.15) is 54.4 Å². The fourth-order valence-electron chi connectivity index (χ4n) is 9.06. The zero-order chi connectivity index (χ0) is 28.5. The number of hydrogen-bond acceptors (Lipinski definition) is 6. The zero-order valence-electron chi connectivity index (χ0n) is 23.9. The molecule has 2 bridgehead atoms. The van der Waals surface area contributed by atoms with Crippen molar-refractivity contribution in [1.82, 2.24) is 4.90 Å². The lowest BCUT2D eigenvalue weighted by molar-refractivity contribution is -0.0721. The van der Waals surface area contributed by atoms with Gasteiger partial charge in [-0.2, -0.15) is 0 Å². The molecule has 5 atom stereocenters. The molecule has 3 aromatic rings. The molecule has 5 aliphatic rings. The van der Waals surface area contributed by atoms with Crippen LogP contribution in [0.4, 0.5) is 4.79 Å². The summed E-state index contributed by atoms with van der Waals surface area (Å²) in [4.78, 5) is 15.7. The first kappa shape index (κ1) is 25.9. The Morgan fingerprint density at radius 2 is 1.60 bits per heavy atom. The number of carbonyl (C=O) groups is 1. The van der Waals surface area contributed by atoms with Gasteiger partial charge in [-0.1, -0.05) is 72.8 Å². The molecule has 42 heavy (non-hydrogen) atoms. The molecule has 8 rings (SSSR count). The third-order valence-electron chi connectivity index (χ3n) is 11.1. The number of likely N-dealkylation sites (tertiary alicyclic amines) is 1. The van der Waals surface area contributed by atoms with Crippen LogP contribution in [0.3, 0.4) is 0 Å². The van der Waals surface area contributed by atoms with Crippen molar-refractivity contribution in [2.24, 2.45) is 5.92 Å². The van der Waals surface area contributed by atoms with Crippen LogP contribution < -0.4 is 4.74 Å². The molecule has 2 aliphatic heterocycles. The van der Waals surface area contributed by atoms with Crippen molar-refractivity contribution >= 4 is 6.16 Å². The molecule has 1 saturated heterocycles. The van der Waals surface area contributed by atoms with Crippen molar-refractivity contribution in [3.63, 3.8) is 0 Å². The molecule has 2 heterocycles. The maximum absolute atomic E-state index is 13.3. The molecule has 1 saturated carbocycles. The van der Waals surface area contributed by atoms with Crippen molar-refractivity contribution in [2.45, 2.75) is 73.7 Å². The van der Waals surface area contributed by atoms with Crippen LogP contribution in [0.2, 0.25) is 0 Å². The monoisotopic (exact) mass is 563 g/mol. The van der Waals surface area contributed by atoms with E-state index in [-0.39, 0.29) is 34.7 Å². The lowest BCUT2D eigenvalue weighted by Crippen LogP contribution is -2.65. The number of nitrogens with zero attached hydrogens (tertiary/aromatic N) is 1. The predicted molar refractivity (Wildman–Crippen MR) is 159 cm³/mol. The molecular formula is C36H37NO5. The van der Waals surface area contributed by atoms with Gasteiger partial charge in [-0.25, -0.2) is 4.79 Å². The molecule has 0 aromatic heterocycles. The fraction of sp³-hybridized carbons (Fsp3) is 0.417. The molecule has 0 amide bonds. The normalized spacial score (nSPS) is 30.7. The Kier molecular flexibility index (Phi) is 5.94. The summed E-state index contributed by atoms with van der Waals surface area (Å²) in [6, 6.07) is 25.5. The Hall–Kier alpha value is -3.77. The predicted octanol–water partition coefficient (Wildman–Crippen LogP) is 6.29. The summed E-state index contributed by atoms with van der Waals surface area (Å²) in [7, 11) is 2.19. The molecule has 216 valence electrons. The van der Waals surface area contributed by atoms with E-state index in [2.05, 4.69) is 78.7 Å². The first-order chi connectivity index (χ1) is 20.5. The van der Waals surface area contributed by atoms with Crippen LogP contribution in [0.15, 0.2) is 84.9 Å². The van der Waals surface area contributed by atoms with Crippen LogP contribution in [0.5, 0.6) is 11.5 Å². The number of likely N-dealkylation sites (N-methyl/N-ethyl adjacent to an activating group) is 1. The van der Waals surface area contributed by atoms with E-state index in [0.29, 0.717) is 11.8 Å². The smallest absolute Gasteiger partial charge is 0.504 e. The highest BCUT2D eigenvalue weighted by molar-refractivity contribution is 5.64. The van der Waals surface area contributed by atoms with Crippen LogP contribution in [0.25, 0.3) is 0 Å². The van der Waals surface area contributed by atoms with Crippen molar-refractivity contribution in [3.05, 3.63) is 107 Å². The first-order valence-electron chi connectivity index (χ1n) is 15.4. The Labute approximate surface area is 246 Å². The number of phenols is 1. The van der Waals surface area contributed by atoms with Crippen molar-refractivity contribution in [2.75, 3.05) is 13.6 Å². The average Bonchev–Trinajstić information content (AvgIpc) is 3.38. The molecule has 3 aliphatic carbocycles. The second-order valence-corrected chi connectivity index (χ2v) is 12.9. The van der Waals surface area contributed by atoms with Gasteiger partial charge in [0.2, 0.25) is 0 Å². The van der Waals surface area contributed by atoms with Crippen molar-refractivity contribution in [3.8, 4) is 11.5 Å². The van der Waals surface area contributed by atoms with Crippen molar-refractivity contribution < 1.29 is 24.1 Å². The van der Waals surface area contributed by atoms with Gasteiger partial charge in [0.05, 0.1) is 0 Å². The average molecular weight is 564 g/mol. The van der Waals surface area contributed by atoms with E-state index in [4.69, 9.17) is 14.2 Å². The second kappa shape index (κ2) is 9.63. The van der Waals surface area contributed by atoms with Crippen LogP contribution >= 0.6 is 0 Å². The van der Waals surface area contributed by atoms with Gasteiger partial charge in [-0.05, 0) is 81.0 Å². The number of rotatable bonds is 4. The number of aromatic hydroxyl groups is 1. The number of piperidine rings is 1. The highest BCUT2D eigenvalue weighted by atomic mass is 16.7. The molecule has 5 unspecified atom stereocenters. The van der Waals surface area contributed by atoms with Gasteiger partial charge in [0.1, 0.15) is 12.2 Å². The summed E-state index contributed by atoms with van der Waals surface area (Å²) in [5.74, 6) is 0.981. The summed E-state index contributed by atoms with van der Waals surface area (Å²) < 4.78 is 18.6. The number of carbonyl (C=O) groups excluding carboxylic acids is 1. The third kappa shape index (κ3) is 3.70. The summed E-state index contributed by atoms with van der Waals surface area (Å²) in [6.45, 7) is 0.938. The van der Waals surface area contributed by atoms with Gasteiger partial charge in [0.15, 0.2) is 17.6 Å². The lowest BCUT2D eigenvalue weighted by atomic mass is 9.53. The van der Waals surface area contributed by atoms with E-state index < -0.39 is 12.3 Å². The summed E-state index contributed by atoms with van der Waals surface area (Å²) >= 11 is 0. The van der Waals surface area contributed by atoms with E-state index in [0.717, 1.165) is 50.6 Å². The van der Waals surface area contributed by atoms with E-state index in [1.807, 2.05) is 12.1 Å². The standard InChI is InChI=1S/C36H37NO5/c1-37-21-20-36-27-13-15-30(33(36)42-32-29(38)14-12-23(31(32)36)22-28(27)37)41-34(39)40-26-16-18-35(19-17-26,24-8-4-2-5-9-24)25-10-6-3-7-11-25/h2-15,26-28,30,33,38H,16-22H2,1H3. The van der Waals surface area contributed by atoms with Crippen molar-refractivity contribution in [1.29, 1.82) is 0 Å². The summed E-state index contributed by atoms with van der Waals surface area (Å²) in [5, 5.41) is 10.8. The minimum atomic E-state index is -0.638. The number of phenolic OH excluding ortho intramolecular Hbond substituents is 1. The lowest BCUT2D eigenvalue weighted by Gasteiger charge is -2.56. The van der Waals surface area contributed by atoms with E-state index in [9.17, 15) is 9.90 Å². The van der Waals surface area contributed by atoms with Gasteiger partial charge in [0, 0.05) is 28.4 Å². The second-order valence-electron chi connectivity index (χ2n) is 12.9. The quantitative estimate of drug-likeness (QED) is 0.297. The third-order valence-corrected chi connectivity index (χ3v) is 11.1. The molecule has 1 spiro atoms. The van der Waals surface area contributed by atoms with Crippen LogP contribution in [0, 0.1) is 5.92 Å². The highest BCUT2D eigenvalue weighted by Crippen LogP contribution is 2.62. The van der Waals surface area contributed by atoms with Crippen LogP contribution in [-0.4, -0.2) is 54.1 Å². The summed E-state index contributed by atoms with van der Waals surface area (Å²) in [6.07, 6.45) is 7.56. The molecule has 1 N–H and O–H groups in total. The molecule has 0 radical (unpaired) electrons. The Balaban J connectivity index is 1.00. The molecule has 2 fully saturated rings. The van der Waals surface area contributed by atoms with Gasteiger partial charge in [-0.3, -0.25) is 0 Å². The Morgan fingerprint density at radius 3 is 2.29 bits per heavy atom. The largest absolute Gasteiger partial charge is 0.509 e. The number of hydrogen-bond donors (Lipinski definition) is 1. The first-order valence-corrected chi connectivity index (χ1v) is 15.4. The van der Waals surface area contributed by atoms with Gasteiger partial charge in [-0.15, -0.1) is 0 Å². The molecule has 3 aromatic carbocycles. The topological polar surface area (TPSA) is 68.2 Å². The highest BCUT2D eigenvalue weighted by Gasteiger charge is 2.65. The van der Waals surface area contributed by atoms with Gasteiger partial charge >= 0.3 is 6.16 Å². The van der Waals surface area contributed by atoms with E-state index >= 15 is 0 Å². The van der Waals surface area contributed by atoms with E-state index in [1.165, 1.54) is 16.7 Å². The SMILES string of the molecule is CN1CCC23c4c5ccc(O)c4OC2C(OC(=O)OC2CCC(c4ccccc4)(c4ccccc4)CC2)C=CC3C1C5. The molecule has 6 heteroatoms. The molecule has 6 nitrogen and oxygen atoms in total. The van der Waals surface area contributed by atoms with Crippen LogP contribution in [-0.2, 0) is 26.7 Å². The maximum atomic E-state index is 13.3. The van der Waals surface area contributed by atoms with Gasteiger partial charge in [0.25, 0.3) is 0 Å². The van der Waals surface area contributed by atoms with Gasteiger partial charge < -0.3 is 24.2 Å². The Bertz CT molecular complexity index is 1490. The number of ether oxygens (including phenoxy) is 3. The number of benzene rings is 3. The van der Waals surface area contributed by atoms with E-state index in [1.54, 1.807) is 6.07 Å². The minimum absolute atomic E-state index is 0.0958. The fourth-order valence-corrected chi connectivity index (χ4v) is 9.06. The molecular weight excluding hydrogens is 526 g/mol. The zero-order valence-corrected chi connectivity index (χ0v) is 23.9. The maximum Gasteiger partial charge on any atom is 0.509 e. The summed E-state index contributed by atoms with van der Waals surface area (Å²) in [5.41, 5.74) is 4.57. The minimum Gasteiger partial charge on any atom is -0.504 e.